The first-order valence-corrected chi connectivity index (χ1v) is 7.23. The molecule has 25 heavy (non-hydrogen) atoms. The van der Waals surface area contributed by atoms with Crippen LogP contribution in [0.15, 0.2) is 36.9 Å². The topological polar surface area (TPSA) is 83.6 Å². The van der Waals surface area contributed by atoms with Crippen LogP contribution in [0.25, 0.3) is 11.3 Å². The first-order chi connectivity index (χ1) is 12.0. The number of carbonyl (C=O) groups excluding carboxylic acids is 1. The Hall–Kier alpha value is -2.94. The summed E-state index contributed by atoms with van der Waals surface area (Å²) in [4.78, 5) is 19.9. The molecule has 2 aromatic heterocycles. The third-order valence-corrected chi connectivity index (χ3v) is 3.53. The molecule has 0 saturated carbocycles. The maximum Gasteiger partial charge on any atom is 0.275 e. The van der Waals surface area contributed by atoms with Gasteiger partial charge in [0.2, 0.25) is 0 Å². The monoisotopic (exact) mass is 367 g/mol. The van der Waals surface area contributed by atoms with E-state index < -0.39 is 29.3 Å². The Morgan fingerprint density at radius 1 is 1.24 bits per heavy atom. The molecule has 10 heteroatoms. The van der Waals surface area contributed by atoms with E-state index >= 15 is 0 Å². The van der Waals surface area contributed by atoms with Gasteiger partial charge in [-0.15, -0.1) is 0 Å². The van der Waals surface area contributed by atoms with Crippen molar-refractivity contribution in [2.45, 2.75) is 6.43 Å². The molecule has 0 fully saturated rings. The van der Waals surface area contributed by atoms with Crippen molar-refractivity contribution in [3.05, 3.63) is 59.0 Å². The largest absolute Gasteiger partial charge is 0.318 e. The molecule has 0 saturated heterocycles. The van der Waals surface area contributed by atoms with E-state index in [-0.39, 0.29) is 16.4 Å². The molecule has 0 atom stereocenters. The average molecular weight is 368 g/mol. The summed E-state index contributed by atoms with van der Waals surface area (Å²) in [6.07, 6.45) is 2.05. The van der Waals surface area contributed by atoms with Gasteiger partial charge < -0.3 is 5.32 Å². The number of alkyl halides is 2. The van der Waals surface area contributed by atoms with Crippen LogP contribution < -0.4 is 5.32 Å². The lowest BCUT2D eigenvalue weighted by molar-refractivity contribution is 0.102. The van der Waals surface area contributed by atoms with Crippen molar-refractivity contribution in [1.82, 2.24) is 20.2 Å². The number of benzene rings is 1. The zero-order chi connectivity index (χ0) is 18.0. The van der Waals surface area contributed by atoms with Gasteiger partial charge in [-0.3, -0.25) is 14.9 Å². The third-order valence-electron chi connectivity index (χ3n) is 3.24. The molecule has 0 unspecified atom stereocenters. The lowest BCUT2D eigenvalue weighted by atomic mass is 10.0. The summed E-state index contributed by atoms with van der Waals surface area (Å²) >= 11 is 5.68. The number of nitrogens with zero attached hydrogens (tertiary/aromatic N) is 3. The van der Waals surface area contributed by atoms with E-state index in [1.54, 1.807) is 0 Å². The molecule has 1 aromatic carbocycles. The summed E-state index contributed by atoms with van der Waals surface area (Å²) in [6, 6.07) is 2.04. The van der Waals surface area contributed by atoms with Gasteiger partial charge in [-0.2, -0.15) is 5.10 Å². The summed E-state index contributed by atoms with van der Waals surface area (Å²) in [5, 5.41) is 8.31. The summed E-state index contributed by atoms with van der Waals surface area (Å²) in [5.41, 5.74) is -1.12. The highest BCUT2D eigenvalue weighted by Crippen LogP contribution is 2.35. The smallest absolute Gasteiger partial charge is 0.275 e. The minimum absolute atomic E-state index is 0.182. The highest BCUT2D eigenvalue weighted by atomic mass is 35.5. The van der Waals surface area contributed by atoms with Crippen LogP contribution in [0, 0.1) is 5.82 Å². The molecule has 0 radical (unpaired) electrons. The van der Waals surface area contributed by atoms with Gasteiger partial charge >= 0.3 is 0 Å². The van der Waals surface area contributed by atoms with Crippen LogP contribution in [0.5, 0.6) is 0 Å². The number of carbonyl (C=O) groups is 1. The molecular weight excluding hydrogens is 359 g/mol. The highest BCUT2D eigenvalue weighted by Gasteiger charge is 2.22. The fourth-order valence-electron chi connectivity index (χ4n) is 2.12. The quantitative estimate of drug-likeness (QED) is 0.733. The predicted molar refractivity (Wildman–Crippen MR) is 83.9 cm³/mol. The predicted octanol–water partition coefficient (Wildman–Crippen LogP) is 3.85. The fourth-order valence-corrected chi connectivity index (χ4v) is 2.28. The van der Waals surface area contributed by atoms with Gasteiger partial charge in [0.05, 0.1) is 35.0 Å². The van der Waals surface area contributed by atoms with Crippen LogP contribution in [0.1, 0.15) is 22.5 Å². The summed E-state index contributed by atoms with van der Waals surface area (Å²) in [5.74, 6) is -1.71. The molecule has 0 bridgehead atoms. The van der Waals surface area contributed by atoms with E-state index in [9.17, 15) is 18.0 Å². The second-order valence-electron chi connectivity index (χ2n) is 4.86. The minimum Gasteiger partial charge on any atom is -0.318 e. The lowest BCUT2D eigenvalue weighted by Gasteiger charge is -2.11. The van der Waals surface area contributed by atoms with Gasteiger partial charge in [0.15, 0.2) is 5.82 Å². The molecule has 2 N–H and O–H groups in total. The van der Waals surface area contributed by atoms with Crippen molar-refractivity contribution >= 4 is 23.2 Å². The van der Waals surface area contributed by atoms with E-state index in [0.717, 1.165) is 24.5 Å². The van der Waals surface area contributed by atoms with E-state index in [2.05, 4.69) is 25.5 Å². The number of aromatic amines is 1. The van der Waals surface area contributed by atoms with Crippen LogP contribution in [-0.4, -0.2) is 26.1 Å². The Balaban J connectivity index is 2.02. The number of hydrogen-bond donors (Lipinski definition) is 2. The fraction of sp³-hybridized carbons (Fsp3) is 0.0667. The summed E-state index contributed by atoms with van der Waals surface area (Å²) in [7, 11) is 0. The van der Waals surface area contributed by atoms with Crippen molar-refractivity contribution in [2.75, 3.05) is 5.32 Å². The number of H-pyrrole nitrogens is 1. The molecule has 0 spiro atoms. The molecule has 1 amide bonds. The first-order valence-electron chi connectivity index (χ1n) is 6.86. The molecule has 0 aliphatic heterocycles. The molecule has 0 aliphatic carbocycles. The third kappa shape index (κ3) is 3.45. The molecule has 6 nitrogen and oxygen atoms in total. The van der Waals surface area contributed by atoms with Crippen molar-refractivity contribution < 1.29 is 18.0 Å². The lowest BCUT2D eigenvalue weighted by Crippen LogP contribution is -2.14. The van der Waals surface area contributed by atoms with Crippen LogP contribution in [0.4, 0.5) is 18.9 Å². The first kappa shape index (κ1) is 16.9. The number of hydrogen-bond acceptors (Lipinski definition) is 4. The maximum absolute atomic E-state index is 14.3. The van der Waals surface area contributed by atoms with Crippen molar-refractivity contribution in [3.8, 4) is 11.3 Å². The van der Waals surface area contributed by atoms with Crippen LogP contribution >= 0.6 is 11.6 Å². The minimum atomic E-state index is -2.95. The van der Waals surface area contributed by atoms with E-state index in [1.807, 2.05) is 0 Å². The Bertz CT molecular complexity index is 918. The van der Waals surface area contributed by atoms with Crippen molar-refractivity contribution in [3.63, 3.8) is 0 Å². The zero-order valence-corrected chi connectivity index (χ0v) is 13.1. The van der Waals surface area contributed by atoms with Crippen LogP contribution in [0.2, 0.25) is 5.02 Å². The number of anilines is 1. The number of rotatable bonds is 4. The summed E-state index contributed by atoms with van der Waals surface area (Å²) in [6.45, 7) is 0. The zero-order valence-electron chi connectivity index (χ0n) is 12.3. The molecular formula is C15H9ClF3N5O. The van der Waals surface area contributed by atoms with Crippen LogP contribution in [-0.2, 0) is 0 Å². The molecule has 3 aromatic rings. The van der Waals surface area contributed by atoms with Gasteiger partial charge in [-0.05, 0) is 6.07 Å². The second-order valence-corrected chi connectivity index (χ2v) is 5.26. The van der Waals surface area contributed by atoms with Crippen LogP contribution in [0.3, 0.4) is 0 Å². The van der Waals surface area contributed by atoms with Gasteiger partial charge in [0.1, 0.15) is 5.69 Å². The highest BCUT2D eigenvalue weighted by molar-refractivity contribution is 6.31. The van der Waals surface area contributed by atoms with Gasteiger partial charge in [0, 0.05) is 17.3 Å². The van der Waals surface area contributed by atoms with E-state index in [4.69, 9.17) is 11.6 Å². The van der Waals surface area contributed by atoms with Gasteiger partial charge in [-0.1, -0.05) is 17.7 Å². The number of halogens is 4. The Morgan fingerprint density at radius 2 is 2.04 bits per heavy atom. The van der Waals surface area contributed by atoms with Gasteiger partial charge in [-0.25, -0.2) is 18.2 Å². The standard InChI is InChI=1S/C15H9ClF3N5O/c16-9-2-1-8(14(18)19)12(13(9)17)10-5-20-6-11(24-10)15(25)23-7-3-21-22-4-7/h1-6,14H,(H,21,22)(H,23,25). The molecule has 3 rings (SSSR count). The van der Waals surface area contributed by atoms with Crippen molar-refractivity contribution in [1.29, 1.82) is 0 Å². The summed E-state index contributed by atoms with van der Waals surface area (Å²) < 4.78 is 40.7. The molecule has 2 heterocycles. The molecule has 128 valence electrons. The van der Waals surface area contributed by atoms with E-state index in [0.29, 0.717) is 5.69 Å². The van der Waals surface area contributed by atoms with E-state index in [1.165, 1.54) is 12.4 Å². The SMILES string of the molecule is O=C(Nc1cn[nH]c1)c1cncc(-c2c(C(F)F)ccc(Cl)c2F)n1. The Morgan fingerprint density at radius 3 is 2.72 bits per heavy atom. The Labute approximate surface area is 144 Å². The number of nitrogens with one attached hydrogen (secondary N) is 2. The van der Waals surface area contributed by atoms with Gasteiger partial charge in [0.25, 0.3) is 12.3 Å². The normalized spacial score (nSPS) is 10.9. The average Bonchev–Trinajstić information content (AvgIpc) is 3.10. The molecule has 0 aliphatic rings. The maximum atomic E-state index is 14.3. The number of amides is 1. The van der Waals surface area contributed by atoms with Crippen molar-refractivity contribution in [2.24, 2.45) is 0 Å². The second kappa shape index (κ2) is 6.89. The Kier molecular flexibility index (Phi) is 4.66. The number of aromatic nitrogens is 4.